The maximum absolute atomic E-state index is 12.3. The van der Waals surface area contributed by atoms with Crippen molar-refractivity contribution < 1.29 is 9.59 Å². The Morgan fingerprint density at radius 2 is 1.80 bits per heavy atom. The van der Waals surface area contributed by atoms with Gasteiger partial charge in [0, 0.05) is 17.4 Å². The highest BCUT2D eigenvalue weighted by Crippen LogP contribution is 2.27. The van der Waals surface area contributed by atoms with Gasteiger partial charge in [0.05, 0.1) is 6.04 Å². The number of aromatic nitrogens is 1. The largest absolute Gasteiger partial charge is 0.351 e. The average Bonchev–Trinajstić information content (AvgIpc) is 2.54. The van der Waals surface area contributed by atoms with Gasteiger partial charge in [-0.05, 0) is 45.4 Å². The molecule has 2 rings (SSSR count). The summed E-state index contributed by atoms with van der Waals surface area (Å²) in [5.41, 5.74) is 6.93. The number of anilines is 1. The lowest BCUT2D eigenvalue weighted by Gasteiger charge is -2.28. The maximum Gasteiger partial charge on any atom is 0.319 e. The van der Waals surface area contributed by atoms with Gasteiger partial charge >= 0.3 is 6.03 Å². The van der Waals surface area contributed by atoms with Gasteiger partial charge in [-0.3, -0.25) is 14.7 Å². The van der Waals surface area contributed by atoms with E-state index < -0.39 is 6.03 Å². The number of nitrogens with one attached hydrogen (secondary N) is 1. The fourth-order valence-corrected chi connectivity index (χ4v) is 2.52. The number of carbonyl (C=O) groups excluding carboxylic acids is 2. The average molecular weight is 340 g/mol. The van der Waals surface area contributed by atoms with Crippen molar-refractivity contribution in [3.63, 3.8) is 0 Å². The lowest BCUT2D eigenvalue weighted by Crippen LogP contribution is -2.41. The summed E-state index contributed by atoms with van der Waals surface area (Å²) < 4.78 is 0. The fraction of sp³-hybridized carbons (Fsp3) is 0.316. The Labute approximate surface area is 148 Å². The molecular formula is C19H24N4O2. The van der Waals surface area contributed by atoms with Crippen molar-refractivity contribution in [2.24, 2.45) is 5.73 Å². The third-order valence-electron chi connectivity index (χ3n) is 3.65. The van der Waals surface area contributed by atoms with E-state index in [4.69, 9.17) is 5.73 Å². The van der Waals surface area contributed by atoms with Crippen molar-refractivity contribution in [1.29, 1.82) is 0 Å². The van der Waals surface area contributed by atoms with Crippen LogP contribution in [0.5, 0.6) is 0 Å². The minimum Gasteiger partial charge on any atom is -0.351 e. The van der Waals surface area contributed by atoms with Gasteiger partial charge in [0.15, 0.2) is 0 Å². The number of nitrogens with two attached hydrogens (primary N) is 1. The molecule has 3 amide bonds. The van der Waals surface area contributed by atoms with E-state index in [-0.39, 0.29) is 23.2 Å². The number of nitrogens with zero attached hydrogens (tertiary/aromatic N) is 2. The second-order valence-electron chi connectivity index (χ2n) is 6.90. The molecular weight excluding hydrogens is 316 g/mol. The Morgan fingerprint density at radius 1 is 1.16 bits per heavy atom. The van der Waals surface area contributed by atoms with Gasteiger partial charge < -0.3 is 11.1 Å². The van der Waals surface area contributed by atoms with Crippen LogP contribution in [-0.2, 0) is 0 Å². The zero-order valence-corrected chi connectivity index (χ0v) is 15.0. The summed E-state index contributed by atoms with van der Waals surface area (Å²) >= 11 is 0. The number of hydrogen-bond acceptors (Lipinski definition) is 3. The molecule has 1 heterocycles. The first-order valence-electron chi connectivity index (χ1n) is 8.11. The van der Waals surface area contributed by atoms with Gasteiger partial charge in [0.1, 0.15) is 5.69 Å². The quantitative estimate of drug-likeness (QED) is 0.895. The zero-order chi connectivity index (χ0) is 18.6. The van der Waals surface area contributed by atoms with Gasteiger partial charge in [-0.25, -0.2) is 4.79 Å². The number of benzene rings is 1. The minimum absolute atomic E-state index is 0.235. The predicted molar refractivity (Wildman–Crippen MR) is 98.4 cm³/mol. The molecule has 6 heteroatoms. The Bertz CT molecular complexity index is 754. The van der Waals surface area contributed by atoms with Crippen molar-refractivity contribution >= 4 is 17.6 Å². The third-order valence-corrected chi connectivity index (χ3v) is 3.65. The molecule has 0 fully saturated rings. The van der Waals surface area contributed by atoms with Crippen LogP contribution >= 0.6 is 0 Å². The maximum atomic E-state index is 12.3. The summed E-state index contributed by atoms with van der Waals surface area (Å²) in [6.07, 6.45) is 1.50. The molecule has 2 aromatic rings. The number of amides is 3. The van der Waals surface area contributed by atoms with Gasteiger partial charge in [0.2, 0.25) is 0 Å². The standard InChI is InChI=1S/C19H24N4O2/c1-13(14-8-6-5-7-9-14)23(18(20)25)15-10-11-21-16(12-15)17(24)22-19(2,3)4/h5-13H,1-4H3,(H2,20,25)(H,22,24)/t13-/m1/s1. The van der Waals surface area contributed by atoms with E-state index in [1.807, 2.05) is 58.0 Å². The second-order valence-corrected chi connectivity index (χ2v) is 6.90. The molecule has 132 valence electrons. The van der Waals surface area contributed by atoms with Crippen LogP contribution < -0.4 is 16.0 Å². The Kier molecular flexibility index (Phi) is 5.41. The number of pyridine rings is 1. The van der Waals surface area contributed by atoms with Crippen LogP contribution in [0.1, 0.15) is 49.8 Å². The highest BCUT2D eigenvalue weighted by Gasteiger charge is 2.23. The first-order chi connectivity index (χ1) is 11.7. The van der Waals surface area contributed by atoms with E-state index in [2.05, 4.69) is 10.3 Å². The van der Waals surface area contributed by atoms with Crippen molar-refractivity contribution in [2.75, 3.05) is 4.90 Å². The van der Waals surface area contributed by atoms with Gasteiger partial charge in [-0.2, -0.15) is 0 Å². The SMILES string of the molecule is C[C@H](c1ccccc1)N(C(N)=O)c1ccnc(C(=O)NC(C)(C)C)c1. The third kappa shape index (κ3) is 4.79. The second kappa shape index (κ2) is 7.34. The Hall–Kier alpha value is -2.89. The topological polar surface area (TPSA) is 88.3 Å². The number of hydrogen-bond donors (Lipinski definition) is 2. The molecule has 25 heavy (non-hydrogen) atoms. The summed E-state index contributed by atoms with van der Waals surface area (Å²) in [6.45, 7) is 7.56. The van der Waals surface area contributed by atoms with Crippen LogP contribution in [-0.4, -0.2) is 22.5 Å². The van der Waals surface area contributed by atoms with Crippen LogP contribution in [0, 0.1) is 0 Å². The molecule has 1 aromatic carbocycles. The van der Waals surface area contributed by atoms with Crippen molar-refractivity contribution in [1.82, 2.24) is 10.3 Å². The summed E-state index contributed by atoms with van der Waals surface area (Å²) in [6, 6.07) is 11.9. The van der Waals surface area contributed by atoms with E-state index in [1.165, 1.54) is 11.1 Å². The molecule has 0 aliphatic carbocycles. The minimum atomic E-state index is -0.593. The van der Waals surface area contributed by atoms with E-state index in [1.54, 1.807) is 12.1 Å². The number of urea groups is 1. The van der Waals surface area contributed by atoms with Gasteiger partial charge in [-0.15, -0.1) is 0 Å². The zero-order valence-electron chi connectivity index (χ0n) is 15.0. The Morgan fingerprint density at radius 3 is 2.36 bits per heavy atom. The summed E-state index contributed by atoms with van der Waals surface area (Å²) in [5, 5.41) is 2.86. The molecule has 0 aliphatic heterocycles. The van der Waals surface area contributed by atoms with E-state index in [0.717, 1.165) is 5.56 Å². The number of primary amides is 1. The van der Waals surface area contributed by atoms with Crippen LogP contribution in [0.4, 0.5) is 10.5 Å². The molecule has 0 saturated carbocycles. The van der Waals surface area contributed by atoms with Crippen LogP contribution in [0.2, 0.25) is 0 Å². The molecule has 0 unspecified atom stereocenters. The molecule has 0 spiro atoms. The van der Waals surface area contributed by atoms with Gasteiger partial charge in [0.25, 0.3) is 5.91 Å². The van der Waals surface area contributed by atoms with Crippen molar-refractivity contribution in [3.05, 3.63) is 59.9 Å². The molecule has 1 atom stereocenters. The number of rotatable bonds is 4. The Balaban J connectivity index is 2.35. The summed E-state index contributed by atoms with van der Waals surface area (Å²) in [7, 11) is 0. The molecule has 0 radical (unpaired) electrons. The lowest BCUT2D eigenvalue weighted by atomic mass is 10.1. The van der Waals surface area contributed by atoms with E-state index >= 15 is 0 Å². The summed E-state index contributed by atoms with van der Waals surface area (Å²) in [5.74, 6) is -0.300. The van der Waals surface area contributed by atoms with Crippen molar-refractivity contribution in [3.8, 4) is 0 Å². The van der Waals surface area contributed by atoms with Crippen LogP contribution in [0.15, 0.2) is 48.7 Å². The first kappa shape index (κ1) is 18.4. The predicted octanol–water partition coefficient (Wildman–Crippen LogP) is 3.26. The molecule has 6 nitrogen and oxygen atoms in total. The first-order valence-corrected chi connectivity index (χ1v) is 8.11. The van der Waals surface area contributed by atoms with Crippen LogP contribution in [0.3, 0.4) is 0 Å². The molecule has 3 N–H and O–H groups in total. The molecule has 0 bridgehead atoms. The monoisotopic (exact) mass is 340 g/mol. The molecule has 1 aromatic heterocycles. The fourth-order valence-electron chi connectivity index (χ4n) is 2.52. The highest BCUT2D eigenvalue weighted by atomic mass is 16.2. The summed E-state index contributed by atoms with van der Waals surface area (Å²) in [4.78, 5) is 29.9. The lowest BCUT2D eigenvalue weighted by molar-refractivity contribution is 0.0914. The normalized spacial score (nSPS) is 12.3. The van der Waals surface area contributed by atoms with E-state index in [0.29, 0.717) is 5.69 Å². The molecule has 0 saturated heterocycles. The smallest absolute Gasteiger partial charge is 0.319 e. The number of carbonyl (C=O) groups is 2. The van der Waals surface area contributed by atoms with Crippen molar-refractivity contribution in [2.45, 2.75) is 39.3 Å². The van der Waals surface area contributed by atoms with Crippen LogP contribution in [0.25, 0.3) is 0 Å². The van der Waals surface area contributed by atoms with Gasteiger partial charge in [-0.1, -0.05) is 30.3 Å². The molecule has 0 aliphatic rings. The van der Waals surface area contributed by atoms with E-state index in [9.17, 15) is 9.59 Å². The highest BCUT2D eigenvalue weighted by molar-refractivity contribution is 5.96.